The highest BCUT2D eigenvalue weighted by molar-refractivity contribution is 6.36. The van der Waals surface area contributed by atoms with Crippen molar-refractivity contribution in [1.29, 1.82) is 0 Å². The van der Waals surface area contributed by atoms with E-state index in [1.165, 1.54) is 7.11 Å². The third-order valence-electron chi connectivity index (χ3n) is 4.63. The van der Waals surface area contributed by atoms with Gasteiger partial charge in [0.15, 0.2) is 0 Å². The molecule has 1 N–H and O–H groups in total. The topological polar surface area (TPSA) is 71.8 Å². The number of carbonyl (C=O) groups excluding carboxylic acids is 2. The Kier molecular flexibility index (Phi) is 4.96. The molecule has 2 amide bonds. The van der Waals surface area contributed by atoms with Crippen molar-refractivity contribution in [3.05, 3.63) is 76.5 Å². The molecule has 29 heavy (non-hydrogen) atoms. The summed E-state index contributed by atoms with van der Waals surface area (Å²) in [5, 5.41) is 4.51. The van der Waals surface area contributed by atoms with E-state index in [4.69, 9.17) is 20.9 Å². The molecule has 0 fully saturated rings. The van der Waals surface area contributed by atoms with Crippen LogP contribution in [0.3, 0.4) is 0 Å². The van der Waals surface area contributed by atoms with E-state index >= 15 is 0 Å². The first-order chi connectivity index (χ1) is 14.0. The number of rotatable bonds is 4. The Morgan fingerprint density at radius 2 is 2.00 bits per heavy atom. The van der Waals surface area contributed by atoms with Gasteiger partial charge in [0.05, 0.1) is 12.7 Å². The average Bonchev–Trinajstić information content (AvgIpc) is 3.32. The minimum absolute atomic E-state index is 0.213. The zero-order valence-corrected chi connectivity index (χ0v) is 16.5. The largest absolute Gasteiger partial charge is 0.457 e. The Morgan fingerprint density at radius 3 is 2.79 bits per heavy atom. The van der Waals surface area contributed by atoms with Crippen LogP contribution >= 0.6 is 11.6 Å². The van der Waals surface area contributed by atoms with Crippen LogP contribution in [0.4, 0.5) is 5.69 Å². The third kappa shape index (κ3) is 3.68. The summed E-state index contributed by atoms with van der Waals surface area (Å²) in [4.78, 5) is 29.5. The third-order valence-corrected chi connectivity index (χ3v) is 4.87. The maximum atomic E-state index is 12.3. The zero-order chi connectivity index (χ0) is 20.5. The number of hydrogen-bond acceptors (Lipinski definition) is 4. The summed E-state index contributed by atoms with van der Waals surface area (Å²) in [5.41, 5.74) is 3.14. The summed E-state index contributed by atoms with van der Waals surface area (Å²) in [6, 6.07) is 15.8. The highest BCUT2D eigenvalue weighted by atomic mass is 35.5. The molecule has 0 spiro atoms. The van der Waals surface area contributed by atoms with Crippen LogP contribution < -0.4 is 5.32 Å². The number of nitrogens with zero attached hydrogens (tertiary/aromatic N) is 1. The number of fused-ring (bicyclic) bond motifs is 1. The van der Waals surface area contributed by atoms with Crippen LogP contribution in [0.2, 0.25) is 5.02 Å². The van der Waals surface area contributed by atoms with Crippen LogP contribution in [0.1, 0.15) is 21.7 Å². The number of halogens is 1. The molecule has 0 saturated carbocycles. The molecule has 1 aliphatic heterocycles. The van der Waals surface area contributed by atoms with Gasteiger partial charge in [-0.05, 0) is 48.5 Å². The van der Waals surface area contributed by atoms with Gasteiger partial charge < -0.3 is 9.73 Å². The smallest absolute Gasteiger partial charge is 0.277 e. The Hall–Kier alpha value is -3.35. The number of anilines is 1. The second-order valence-electron chi connectivity index (χ2n) is 6.47. The van der Waals surface area contributed by atoms with Gasteiger partial charge in [-0.3, -0.25) is 14.4 Å². The van der Waals surface area contributed by atoms with Gasteiger partial charge >= 0.3 is 0 Å². The van der Waals surface area contributed by atoms with Crippen molar-refractivity contribution in [2.45, 2.75) is 0 Å². The minimum atomic E-state index is -0.264. The van der Waals surface area contributed by atoms with Crippen molar-refractivity contribution in [3.63, 3.8) is 0 Å². The zero-order valence-electron chi connectivity index (χ0n) is 15.7. The maximum Gasteiger partial charge on any atom is 0.277 e. The summed E-state index contributed by atoms with van der Waals surface area (Å²) in [7, 11) is 2.97. The van der Waals surface area contributed by atoms with Gasteiger partial charge in [-0.2, -0.15) is 0 Å². The summed E-state index contributed by atoms with van der Waals surface area (Å²) in [6.45, 7) is 0. The molecule has 1 aromatic heterocycles. The van der Waals surface area contributed by atoms with Crippen LogP contribution in [0.15, 0.2) is 59.0 Å². The minimum Gasteiger partial charge on any atom is -0.457 e. The molecule has 7 heteroatoms. The van der Waals surface area contributed by atoms with Gasteiger partial charge in [-0.15, -0.1) is 0 Å². The van der Waals surface area contributed by atoms with Crippen LogP contribution in [-0.4, -0.2) is 31.0 Å². The molecule has 0 atom stereocenters. The Balaban J connectivity index is 1.65. The molecule has 2 heterocycles. The van der Waals surface area contributed by atoms with Gasteiger partial charge in [-0.25, -0.2) is 5.06 Å². The van der Waals surface area contributed by atoms with E-state index in [2.05, 4.69) is 5.32 Å². The molecular formula is C22H17ClN2O4. The van der Waals surface area contributed by atoms with Crippen LogP contribution in [0, 0.1) is 0 Å². The van der Waals surface area contributed by atoms with E-state index in [1.807, 2.05) is 6.07 Å². The SMILES string of the molecule is CON(C)C(=O)c1cccc(-c2ccc(/C=C3/C(=O)Nc4ccc(Cl)cc43)o2)c1. The molecule has 0 aliphatic carbocycles. The number of benzene rings is 2. The normalized spacial score (nSPS) is 14.0. The molecule has 2 aromatic carbocycles. The van der Waals surface area contributed by atoms with Crippen molar-refractivity contribution in [2.75, 3.05) is 19.5 Å². The van der Waals surface area contributed by atoms with Crippen LogP contribution in [0.25, 0.3) is 23.0 Å². The lowest BCUT2D eigenvalue weighted by Gasteiger charge is -2.13. The fourth-order valence-corrected chi connectivity index (χ4v) is 3.27. The fraction of sp³-hybridized carbons (Fsp3) is 0.0909. The number of hydrogen-bond donors (Lipinski definition) is 1. The second-order valence-corrected chi connectivity index (χ2v) is 6.91. The summed E-state index contributed by atoms with van der Waals surface area (Å²) in [6.07, 6.45) is 1.68. The Labute approximate surface area is 172 Å². The molecule has 0 saturated heterocycles. The van der Waals surface area contributed by atoms with E-state index in [-0.39, 0.29) is 11.8 Å². The Bertz CT molecular complexity index is 1150. The lowest BCUT2D eigenvalue weighted by Crippen LogP contribution is -2.25. The van der Waals surface area contributed by atoms with E-state index in [0.29, 0.717) is 33.4 Å². The molecule has 6 nitrogen and oxygen atoms in total. The standard InChI is InChI=1S/C22H17ClN2O4/c1-25(28-2)22(27)14-5-3-4-13(10-14)20-9-7-16(29-20)12-18-17-11-15(23)6-8-19(17)24-21(18)26/h3-12H,1-2H3,(H,24,26)/b18-12+. The molecule has 3 aromatic rings. The number of nitrogens with one attached hydrogen (secondary N) is 1. The van der Waals surface area contributed by atoms with Crippen molar-refractivity contribution < 1.29 is 18.8 Å². The number of hydroxylamine groups is 2. The predicted molar refractivity (Wildman–Crippen MR) is 111 cm³/mol. The molecule has 0 unspecified atom stereocenters. The van der Waals surface area contributed by atoms with Crippen molar-refractivity contribution in [1.82, 2.24) is 5.06 Å². The maximum absolute atomic E-state index is 12.3. The number of amides is 2. The highest BCUT2D eigenvalue weighted by Gasteiger charge is 2.24. The van der Waals surface area contributed by atoms with Crippen molar-refractivity contribution in [2.24, 2.45) is 0 Å². The lowest BCUT2D eigenvalue weighted by molar-refractivity contribution is -0.110. The quantitative estimate of drug-likeness (QED) is 0.500. The second kappa shape index (κ2) is 7.58. The predicted octanol–water partition coefficient (Wildman–Crippen LogP) is 4.73. The van der Waals surface area contributed by atoms with Gasteiger partial charge in [-0.1, -0.05) is 23.7 Å². The summed E-state index contributed by atoms with van der Waals surface area (Å²) < 4.78 is 5.90. The number of furan rings is 1. The summed E-state index contributed by atoms with van der Waals surface area (Å²) in [5.74, 6) is 0.620. The van der Waals surface area contributed by atoms with Gasteiger partial charge in [0.2, 0.25) is 0 Å². The first-order valence-corrected chi connectivity index (χ1v) is 9.19. The molecule has 0 radical (unpaired) electrons. The van der Waals surface area contributed by atoms with Crippen molar-refractivity contribution >= 4 is 40.8 Å². The number of carbonyl (C=O) groups is 2. The van der Waals surface area contributed by atoms with Crippen LogP contribution in [0.5, 0.6) is 0 Å². The fourth-order valence-electron chi connectivity index (χ4n) is 3.10. The lowest BCUT2D eigenvalue weighted by atomic mass is 10.1. The van der Waals surface area contributed by atoms with E-state index in [0.717, 1.165) is 16.2 Å². The first-order valence-electron chi connectivity index (χ1n) is 8.81. The molecule has 146 valence electrons. The monoisotopic (exact) mass is 408 g/mol. The van der Waals surface area contributed by atoms with E-state index in [9.17, 15) is 9.59 Å². The van der Waals surface area contributed by atoms with Gasteiger partial charge in [0.25, 0.3) is 11.8 Å². The molecule has 1 aliphatic rings. The average molecular weight is 409 g/mol. The van der Waals surface area contributed by atoms with E-state index in [1.54, 1.807) is 61.7 Å². The molecular weight excluding hydrogens is 392 g/mol. The first kappa shape index (κ1) is 19.0. The van der Waals surface area contributed by atoms with Gasteiger partial charge in [0.1, 0.15) is 11.5 Å². The molecule has 4 rings (SSSR count). The van der Waals surface area contributed by atoms with Gasteiger partial charge in [0, 0.05) is 34.4 Å². The summed E-state index contributed by atoms with van der Waals surface area (Å²) >= 11 is 6.07. The molecule has 0 bridgehead atoms. The Morgan fingerprint density at radius 1 is 1.17 bits per heavy atom. The van der Waals surface area contributed by atoms with Crippen LogP contribution in [-0.2, 0) is 9.63 Å². The highest BCUT2D eigenvalue weighted by Crippen LogP contribution is 2.35. The van der Waals surface area contributed by atoms with E-state index < -0.39 is 0 Å². The van der Waals surface area contributed by atoms with Crippen molar-refractivity contribution in [3.8, 4) is 11.3 Å².